The molecule has 1 heterocycles. The molecule has 1 atom stereocenters. The third kappa shape index (κ3) is 3.84. The molecule has 0 aromatic heterocycles. The van der Waals surface area contributed by atoms with E-state index in [1.165, 1.54) is 11.9 Å². The van der Waals surface area contributed by atoms with Gasteiger partial charge in [-0.3, -0.25) is 4.79 Å². The van der Waals surface area contributed by atoms with Gasteiger partial charge in [0.1, 0.15) is 6.04 Å². The molecule has 1 saturated heterocycles. The van der Waals surface area contributed by atoms with Crippen LogP contribution in [0.2, 0.25) is 0 Å². The number of likely N-dealkylation sites (N-methyl/N-ethyl adjacent to an activating group) is 1. The number of nitrogens with zero attached hydrogens (tertiary/aromatic N) is 1. The summed E-state index contributed by atoms with van der Waals surface area (Å²) in [4.78, 5) is 25.4. The van der Waals surface area contributed by atoms with E-state index in [0.29, 0.717) is 25.8 Å². The Balaban J connectivity index is 1.84. The number of carbonyl (C=O) groups excluding carboxylic acids is 2. The van der Waals surface area contributed by atoms with Gasteiger partial charge in [0.25, 0.3) is 0 Å². The summed E-state index contributed by atoms with van der Waals surface area (Å²) < 4.78 is 37.8. The minimum Gasteiger partial charge on any atom is -0.357 e. The van der Waals surface area contributed by atoms with Gasteiger partial charge in [0, 0.05) is 19.6 Å². The first-order chi connectivity index (χ1) is 10.3. The van der Waals surface area contributed by atoms with Crippen LogP contribution in [0.25, 0.3) is 0 Å². The molecule has 2 fully saturated rings. The van der Waals surface area contributed by atoms with Crippen LogP contribution in [0.3, 0.4) is 0 Å². The highest BCUT2D eigenvalue weighted by molar-refractivity contribution is 5.87. The van der Waals surface area contributed by atoms with Gasteiger partial charge in [0.15, 0.2) is 0 Å². The van der Waals surface area contributed by atoms with E-state index in [-0.39, 0.29) is 30.8 Å². The van der Waals surface area contributed by atoms with Gasteiger partial charge in [0.05, 0.1) is 5.92 Å². The lowest BCUT2D eigenvalue weighted by Crippen LogP contribution is -2.51. The molecule has 5 nitrogen and oxygen atoms in total. The maximum absolute atomic E-state index is 12.6. The molecule has 2 rings (SSSR count). The van der Waals surface area contributed by atoms with Crippen molar-refractivity contribution in [2.75, 3.05) is 13.6 Å². The fraction of sp³-hybridized carbons (Fsp3) is 0.857. The average molecular weight is 321 g/mol. The van der Waals surface area contributed by atoms with Crippen molar-refractivity contribution in [1.29, 1.82) is 0 Å². The standard InChI is InChI=1S/C14H22F3N3O2/c1-18-12(21)11-3-2-8-20(11)13(22)19-10-6-4-9(5-7-10)14(15,16)17/h9-11H,2-8H2,1H3,(H,18,21)(H,19,22)/t9?,10?,11-/m0/s1. The zero-order valence-corrected chi connectivity index (χ0v) is 12.6. The van der Waals surface area contributed by atoms with Crippen LogP contribution in [0.1, 0.15) is 38.5 Å². The summed E-state index contributed by atoms with van der Waals surface area (Å²) in [5, 5.41) is 5.31. The predicted octanol–water partition coefficient (Wildman–Crippen LogP) is 2.03. The fourth-order valence-corrected chi connectivity index (χ4v) is 3.27. The van der Waals surface area contributed by atoms with Crippen LogP contribution in [0, 0.1) is 5.92 Å². The van der Waals surface area contributed by atoms with Gasteiger partial charge < -0.3 is 15.5 Å². The van der Waals surface area contributed by atoms with Crippen LogP contribution < -0.4 is 10.6 Å². The molecule has 0 radical (unpaired) electrons. The lowest BCUT2D eigenvalue weighted by atomic mass is 9.85. The molecule has 0 aromatic rings. The van der Waals surface area contributed by atoms with Crippen LogP contribution >= 0.6 is 0 Å². The maximum Gasteiger partial charge on any atom is 0.391 e. The molecule has 126 valence electrons. The number of hydrogen-bond acceptors (Lipinski definition) is 2. The molecule has 2 aliphatic rings. The lowest BCUT2D eigenvalue weighted by Gasteiger charge is -2.32. The van der Waals surface area contributed by atoms with Crippen LogP contribution in [-0.4, -0.2) is 48.7 Å². The molecule has 0 unspecified atom stereocenters. The molecular weight excluding hydrogens is 299 g/mol. The van der Waals surface area contributed by atoms with Crippen molar-refractivity contribution in [3.63, 3.8) is 0 Å². The van der Waals surface area contributed by atoms with Crippen molar-refractivity contribution >= 4 is 11.9 Å². The summed E-state index contributed by atoms with van der Waals surface area (Å²) in [6.45, 7) is 0.502. The smallest absolute Gasteiger partial charge is 0.357 e. The van der Waals surface area contributed by atoms with Crippen molar-refractivity contribution in [1.82, 2.24) is 15.5 Å². The van der Waals surface area contributed by atoms with E-state index in [2.05, 4.69) is 10.6 Å². The second kappa shape index (κ2) is 6.75. The number of alkyl halides is 3. The van der Waals surface area contributed by atoms with E-state index in [1.807, 2.05) is 0 Å². The number of carbonyl (C=O) groups is 2. The molecule has 8 heteroatoms. The molecule has 1 saturated carbocycles. The summed E-state index contributed by atoms with van der Waals surface area (Å²) in [5.41, 5.74) is 0. The Morgan fingerprint density at radius 3 is 2.27 bits per heavy atom. The van der Waals surface area contributed by atoms with Crippen molar-refractivity contribution in [3.05, 3.63) is 0 Å². The van der Waals surface area contributed by atoms with Crippen LogP contribution in [0.15, 0.2) is 0 Å². The van der Waals surface area contributed by atoms with E-state index in [1.54, 1.807) is 0 Å². The van der Waals surface area contributed by atoms with E-state index in [4.69, 9.17) is 0 Å². The van der Waals surface area contributed by atoms with E-state index in [0.717, 1.165) is 6.42 Å². The largest absolute Gasteiger partial charge is 0.391 e. The van der Waals surface area contributed by atoms with Crippen LogP contribution in [-0.2, 0) is 4.79 Å². The first-order valence-corrected chi connectivity index (χ1v) is 7.68. The molecule has 1 aliphatic carbocycles. The highest BCUT2D eigenvalue weighted by Gasteiger charge is 2.42. The molecule has 0 spiro atoms. The Labute approximate surface area is 127 Å². The van der Waals surface area contributed by atoms with Gasteiger partial charge in [-0.1, -0.05) is 0 Å². The number of likely N-dealkylation sites (tertiary alicyclic amines) is 1. The minimum atomic E-state index is -4.14. The SMILES string of the molecule is CNC(=O)[C@@H]1CCCN1C(=O)NC1CCC(C(F)(F)F)CC1. The zero-order chi connectivity index (χ0) is 16.3. The number of urea groups is 1. The predicted molar refractivity (Wildman–Crippen MR) is 74.1 cm³/mol. The van der Waals surface area contributed by atoms with Gasteiger partial charge in [0.2, 0.25) is 5.91 Å². The number of amides is 3. The molecule has 3 amide bonds. The van der Waals surface area contributed by atoms with Gasteiger partial charge >= 0.3 is 12.2 Å². The highest BCUT2D eigenvalue weighted by Crippen LogP contribution is 2.37. The molecule has 0 aromatic carbocycles. The molecular formula is C14H22F3N3O2. The second-order valence-corrected chi connectivity index (χ2v) is 6.01. The van der Waals surface area contributed by atoms with Crippen LogP contribution in [0.5, 0.6) is 0 Å². The van der Waals surface area contributed by atoms with Gasteiger partial charge in [-0.25, -0.2) is 4.79 Å². The third-order valence-corrected chi connectivity index (χ3v) is 4.58. The Hall–Kier alpha value is -1.47. The van der Waals surface area contributed by atoms with Crippen molar-refractivity contribution in [2.24, 2.45) is 5.92 Å². The molecule has 1 aliphatic heterocycles. The summed E-state index contributed by atoms with van der Waals surface area (Å²) >= 11 is 0. The quantitative estimate of drug-likeness (QED) is 0.817. The Bertz CT molecular complexity index is 420. The maximum atomic E-state index is 12.6. The normalized spacial score (nSPS) is 29.3. The lowest BCUT2D eigenvalue weighted by molar-refractivity contribution is -0.182. The Kier molecular flexibility index (Phi) is 5.18. The van der Waals surface area contributed by atoms with E-state index in [9.17, 15) is 22.8 Å². The average Bonchev–Trinajstić information content (AvgIpc) is 2.95. The number of hydrogen-bond donors (Lipinski definition) is 2. The van der Waals surface area contributed by atoms with Crippen LogP contribution in [0.4, 0.5) is 18.0 Å². The van der Waals surface area contributed by atoms with Crippen molar-refractivity contribution < 1.29 is 22.8 Å². The van der Waals surface area contributed by atoms with Crippen molar-refractivity contribution in [2.45, 2.75) is 56.8 Å². The highest BCUT2D eigenvalue weighted by atomic mass is 19.4. The molecule has 2 N–H and O–H groups in total. The first kappa shape index (κ1) is 16.9. The van der Waals surface area contributed by atoms with E-state index < -0.39 is 18.1 Å². The first-order valence-electron chi connectivity index (χ1n) is 7.68. The Morgan fingerprint density at radius 2 is 1.73 bits per heavy atom. The topological polar surface area (TPSA) is 61.4 Å². The second-order valence-electron chi connectivity index (χ2n) is 6.01. The molecule has 22 heavy (non-hydrogen) atoms. The summed E-state index contributed by atoms with van der Waals surface area (Å²) in [5.74, 6) is -1.46. The van der Waals surface area contributed by atoms with Crippen molar-refractivity contribution in [3.8, 4) is 0 Å². The molecule has 0 bridgehead atoms. The number of rotatable bonds is 2. The third-order valence-electron chi connectivity index (χ3n) is 4.58. The number of nitrogens with one attached hydrogen (secondary N) is 2. The summed E-state index contributed by atoms with van der Waals surface area (Å²) in [6.07, 6.45) is -2.02. The Morgan fingerprint density at radius 1 is 1.09 bits per heavy atom. The summed E-state index contributed by atoms with van der Waals surface area (Å²) in [6, 6.07) is -1.06. The fourth-order valence-electron chi connectivity index (χ4n) is 3.27. The number of halogens is 3. The van der Waals surface area contributed by atoms with E-state index >= 15 is 0 Å². The van der Waals surface area contributed by atoms with Gasteiger partial charge in [-0.05, 0) is 38.5 Å². The zero-order valence-electron chi connectivity index (χ0n) is 12.6. The minimum absolute atomic E-state index is 0.0489. The van der Waals surface area contributed by atoms with Gasteiger partial charge in [-0.2, -0.15) is 13.2 Å². The van der Waals surface area contributed by atoms with Gasteiger partial charge in [-0.15, -0.1) is 0 Å². The monoisotopic (exact) mass is 321 g/mol. The summed E-state index contributed by atoms with van der Waals surface area (Å²) in [7, 11) is 1.52.